The summed E-state index contributed by atoms with van der Waals surface area (Å²) in [7, 11) is 2.03. The van der Waals surface area contributed by atoms with Crippen LogP contribution >= 0.6 is 0 Å². The molecule has 6 rings (SSSR count). The molecule has 0 atom stereocenters. The zero-order valence-electron chi connectivity index (χ0n) is 27.5. The molecule has 3 aromatic carbocycles. The van der Waals surface area contributed by atoms with E-state index in [1.807, 2.05) is 73.5 Å². The molecule has 3 amide bonds. The van der Waals surface area contributed by atoms with Crippen molar-refractivity contribution in [3.8, 4) is 5.69 Å². The van der Waals surface area contributed by atoms with Crippen molar-refractivity contribution in [3.63, 3.8) is 0 Å². The first-order chi connectivity index (χ1) is 22.0. The van der Waals surface area contributed by atoms with Gasteiger partial charge in [0.15, 0.2) is 0 Å². The van der Waals surface area contributed by atoms with Gasteiger partial charge < -0.3 is 14.8 Å². The number of carbonyl (C=O) groups is 2. The minimum absolute atomic E-state index is 0.169. The average molecular weight is 617 g/mol. The van der Waals surface area contributed by atoms with E-state index in [1.165, 1.54) is 5.56 Å². The fraction of sp³-hybridized carbons (Fsp3) is 0.342. The minimum Gasteiger partial charge on any atom is -0.350 e. The zero-order chi connectivity index (χ0) is 32.4. The Kier molecular flexibility index (Phi) is 8.71. The maximum Gasteiger partial charge on any atom is 0.324 e. The topological polar surface area (TPSA) is 84.2 Å². The van der Waals surface area contributed by atoms with Gasteiger partial charge in [-0.2, -0.15) is 5.10 Å². The molecule has 0 radical (unpaired) electrons. The summed E-state index contributed by atoms with van der Waals surface area (Å²) in [6.45, 7) is 9.93. The van der Waals surface area contributed by atoms with Crippen molar-refractivity contribution in [2.75, 3.05) is 23.7 Å². The van der Waals surface area contributed by atoms with Crippen molar-refractivity contribution in [1.29, 1.82) is 0 Å². The van der Waals surface area contributed by atoms with Crippen LogP contribution in [0.4, 0.5) is 16.3 Å². The third kappa shape index (κ3) is 7.01. The highest BCUT2D eigenvalue weighted by Gasteiger charge is 2.25. The molecule has 3 heterocycles. The number of fused-ring (bicyclic) bond motifs is 1. The minimum atomic E-state index is -0.316. The smallest absolute Gasteiger partial charge is 0.324 e. The van der Waals surface area contributed by atoms with Gasteiger partial charge in [0.05, 0.1) is 17.8 Å². The Morgan fingerprint density at radius 3 is 2.39 bits per heavy atom. The van der Waals surface area contributed by atoms with E-state index in [0.717, 1.165) is 71.5 Å². The quantitative estimate of drug-likeness (QED) is 0.197. The number of aryl methyl sites for hydroxylation is 2. The third-order valence-corrected chi connectivity index (χ3v) is 9.00. The molecule has 0 unspecified atom stereocenters. The summed E-state index contributed by atoms with van der Waals surface area (Å²) in [6, 6.07) is 26.0. The molecule has 2 N–H and O–H groups in total. The van der Waals surface area contributed by atoms with Crippen molar-refractivity contribution < 1.29 is 9.59 Å². The fourth-order valence-corrected chi connectivity index (χ4v) is 6.34. The van der Waals surface area contributed by atoms with Gasteiger partial charge in [-0.1, -0.05) is 68.8 Å². The van der Waals surface area contributed by atoms with E-state index < -0.39 is 0 Å². The van der Waals surface area contributed by atoms with Crippen LogP contribution in [0.2, 0.25) is 0 Å². The molecule has 0 aliphatic carbocycles. The summed E-state index contributed by atoms with van der Waals surface area (Å²) in [5, 5.41) is 12.0. The van der Waals surface area contributed by atoms with Crippen LogP contribution in [0.5, 0.6) is 0 Å². The van der Waals surface area contributed by atoms with Crippen LogP contribution < -0.4 is 10.6 Å². The maximum atomic E-state index is 13.2. The molecule has 0 bridgehead atoms. The SMILES string of the molecule is Cc1ccc(-n2nc(C(C)(C)C)cc2NC(=O)Nc2cccc(CC3CCN(C(=O)Cc4cn(C)c5ccccc45)CC3)c2)cc1. The molecule has 1 saturated heterocycles. The van der Waals surface area contributed by atoms with E-state index in [0.29, 0.717) is 18.2 Å². The lowest BCUT2D eigenvalue weighted by Crippen LogP contribution is -2.39. The molecule has 46 heavy (non-hydrogen) atoms. The second kappa shape index (κ2) is 12.9. The monoisotopic (exact) mass is 616 g/mol. The Labute approximate surface area is 271 Å². The zero-order valence-corrected chi connectivity index (χ0v) is 27.5. The van der Waals surface area contributed by atoms with E-state index in [-0.39, 0.29) is 17.4 Å². The number of aromatic nitrogens is 3. The molecule has 8 heteroatoms. The Balaban J connectivity index is 1.05. The van der Waals surface area contributed by atoms with Gasteiger partial charge in [-0.25, -0.2) is 9.48 Å². The highest BCUT2D eigenvalue weighted by atomic mass is 16.2. The highest BCUT2D eigenvalue weighted by Crippen LogP contribution is 2.28. The first-order valence-electron chi connectivity index (χ1n) is 16.2. The van der Waals surface area contributed by atoms with Crippen molar-refractivity contribution in [2.45, 2.75) is 58.8 Å². The number of nitrogens with zero attached hydrogens (tertiary/aromatic N) is 4. The van der Waals surface area contributed by atoms with Gasteiger partial charge in [-0.05, 0) is 73.6 Å². The lowest BCUT2D eigenvalue weighted by atomic mass is 9.90. The standard InChI is InChI=1S/C38H44N6O2/c1-26-13-15-31(16-14-26)44-35(24-34(41-44)38(2,3)4)40-37(46)39-30-10-8-9-28(22-30)21-27-17-19-43(20-18-27)36(45)23-29-25-42(5)33-12-7-6-11-32(29)33/h6-16,22,24-25,27H,17-21,23H2,1-5H3,(H2,39,40,46). The fourth-order valence-electron chi connectivity index (χ4n) is 6.34. The second-order valence-corrected chi connectivity index (χ2v) is 13.7. The van der Waals surface area contributed by atoms with Crippen molar-refractivity contribution in [1.82, 2.24) is 19.2 Å². The largest absolute Gasteiger partial charge is 0.350 e. The molecule has 1 aliphatic rings. The van der Waals surface area contributed by atoms with Crippen molar-refractivity contribution in [3.05, 3.63) is 107 Å². The normalized spacial score (nSPS) is 14.1. The van der Waals surface area contributed by atoms with Crippen LogP contribution in [-0.2, 0) is 30.1 Å². The van der Waals surface area contributed by atoms with E-state index >= 15 is 0 Å². The number of nitrogens with one attached hydrogen (secondary N) is 2. The number of carbonyl (C=O) groups excluding carboxylic acids is 2. The van der Waals surface area contributed by atoms with E-state index in [9.17, 15) is 9.59 Å². The van der Waals surface area contributed by atoms with Crippen molar-refractivity contribution >= 4 is 34.3 Å². The molecule has 0 spiro atoms. The molecule has 5 aromatic rings. The Hall–Kier alpha value is -4.85. The van der Waals surface area contributed by atoms with E-state index in [2.05, 4.69) is 66.4 Å². The molecule has 2 aromatic heterocycles. The van der Waals surface area contributed by atoms with Gasteiger partial charge in [0.25, 0.3) is 0 Å². The van der Waals surface area contributed by atoms with Gasteiger partial charge in [0.2, 0.25) is 5.91 Å². The second-order valence-electron chi connectivity index (χ2n) is 13.7. The average Bonchev–Trinajstić information content (AvgIpc) is 3.59. The number of urea groups is 1. The maximum absolute atomic E-state index is 13.2. The summed E-state index contributed by atoms with van der Waals surface area (Å²) in [5.41, 5.74) is 6.95. The molecule has 1 fully saturated rings. The van der Waals surface area contributed by atoms with Gasteiger partial charge >= 0.3 is 6.03 Å². The number of hydrogen-bond acceptors (Lipinski definition) is 3. The lowest BCUT2D eigenvalue weighted by Gasteiger charge is -2.32. The van der Waals surface area contributed by atoms with E-state index in [4.69, 9.17) is 5.10 Å². The number of amides is 3. The summed E-state index contributed by atoms with van der Waals surface area (Å²) >= 11 is 0. The molecule has 1 aliphatic heterocycles. The van der Waals surface area contributed by atoms with Crippen LogP contribution in [0.15, 0.2) is 85.1 Å². The van der Waals surface area contributed by atoms with Gasteiger partial charge in [0.1, 0.15) is 5.82 Å². The first-order valence-corrected chi connectivity index (χ1v) is 16.2. The van der Waals surface area contributed by atoms with E-state index in [1.54, 1.807) is 4.68 Å². The highest BCUT2D eigenvalue weighted by molar-refractivity contribution is 5.99. The number of para-hydroxylation sites is 1. The van der Waals surface area contributed by atoms with Crippen LogP contribution in [0, 0.1) is 12.8 Å². The number of rotatable bonds is 7. The van der Waals surface area contributed by atoms with Gasteiger partial charge in [0, 0.05) is 54.4 Å². The van der Waals surface area contributed by atoms with Crippen LogP contribution in [0.3, 0.4) is 0 Å². The first kappa shape index (κ1) is 31.1. The predicted octanol–water partition coefficient (Wildman–Crippen LogP) is 7.64. The molecular weight excluding hydrogens is 572 g/mol. The van der Waals surface area contributed by atoms with Crippen LogP contribution in [-0.4, -0.2) is 44.3 Å². The Bertz CT molecular complexity index is 1850. The summed E-state index contributed by atoms with van der Waals surface area (Å²) in [5.74, 6) is 1.31. The van der Waals surface area contributed by atoms with Crippen LogP contribution in [0.1, 0.15) is 56.0 Å². The molecule has 8 nitrogen and oxygen atoms in total. The van der Waals surface area contributed by atoms with Gasteiger partial charge in [-0.3, -0.25) is 10.1 Å². The summed E-state index contributed by atoms with van der Waals surface area (Å²) in [4.78, 5) is 28.4. The predicted molar refractivity (Wildman–Crippen MR) is 186 cm³/mol. The number of hydrogen-bond donors (Lipinski definition) is 2. The number of likely N-dealkylation sites (tertiary alicyclic amines) is 1. The summed E-state index contributed by atoms with van der Waals surface area (Å²) < 4.78 is 3.88. The molecular formula is C38H44N6O2. The number of piperidine rings is 1. The third-order valence-electron chi connectivity index (χ3n) is 9.00. The van der Waals surface area contributed by atoms with Gasteiger partial charge in [-0.15, -0.1) is 0 Å². The molecule has 238 valence electrons. The summed E-state index contributed by atoms with van der Waals surface area (Å²) in [6.07, 6.45) is 5.37. The lowest BCUT2D eigenvalue weighted by molar-refractivity contribution is -0.131. The van der Waals surface area contributed by atoms with Crippen molar-refractivity contribution in [2.24, 2.45) is 13.0 Å². The number of benzene rings is 3. The van der Waals surface area contributed by atoms with Crippen LogP contribution in [0.25, 0.3) is 16.6 Å². The Morgan fingerprint density at radius 2 is 1.65 bits per heavy atom. The Morgan fingerprint density at radius 1 is 0.913 bits per heavy atom. The number of anilines is 2. The molecule has 0 saturated carbocycles.